The van der Waals surface area contributed by atoms with Gasteiger partial charge in [0.05, 0.1) is 10.5 Å². The van der Waals surface area contributed by atoms with Gasteiger partial charge in [0.2, 0.25) is 0 Å². The summed E-state index contributed by atoms with van der Waals surface area (Å²) in [7, 11) is 0. The van der Waals surface area contributed by atoms with E-state index in [0.717, 1.165) is 11.1 Å². The first-order valence-corrected chi connectivity index (χ1v) is 8.38. The van der Waals surface area contributed by atoms with Crippen molar-refractivity contribution in [1.29, 1.82) is 0 Å². The quantitative estimate of drug-likeness (QED) is 0.707. The normalized spacial score (nSPS) is 24.9. The molecular formula is C15H15F3S2. The molecule has 1 aromatic rings. The third-order valence-electron chi connectivity index (χ3n) is 3.50. The highest BCUT2D eigenvalue weighted by Gasteiger charge is 2.42. The van der Waals surface area contributed by atoms with Crippen LogP contribution in [0.1, 0.15) is 22.6 Å². The van der Waals surface area contributed by atoms with Crippen molar-refractivity contribution >= 4 is 23.5 Å². The predicted octanol–water partition coefficient (Wildman–Crippen LogP) is 4.96. The Kier molecular flexibility index (Phi) is 4.98. The number of hydrogen-bond donors (Lipinski definition) is 0. The van der Waals surface area contributed by atoms with Gasteiger partial charge in [0, 0.05) is 5.56 Å². The maximum atomic E-state index is 12.7. The second kappa shape index (κ2) is 6.36. The predicted molar refractivity (Wildman–Crippen MR) is 80.7 cm³/mol. The zero-order valence-corrected chi connectivity index (χ0v) is 12.6. The summed E-state index contributed by atoms with van der Waals surface area (Å²) >= 11 is 3.19. The van der Waals surface area contributed by atoms with E-state index in [1.54, 1.807) is 23.5 Å². The van der Waals surface area contributed by atoms with Gasteiger partial charge in [0.25, 0.3) is 0 Å². The number of terminal acetylenes is 1. The molecular weight excluding hydrogens is 301 g/mol. The van der Waals surface area contributed by atoms with Gasteiger partial charge in [0.15, 0.2) is 0 Å². The van der Waals surface area contributed by atoms with Crippen molar-refractivity contribution < 1.29 is 13.2 Å². The minimum atomic E-state index is -4.09. The van der Waals surface area contributed by atoms with Gasteiger partial charge in [-0.3, -0.25) is 0 Å². The van der Waals surface area contributed by atoms with E-state index in [2.05, 4.69) is 5.92 Å². The second-order valence-corrected chi connectivity index (χ2v) is 7.43. The number of thioether (sulfide) groups is 2. The molecule has 0 aromatic heterocycles. The van der Waals surface area contributed by atoms with Gasteiger partial charge in [-0.1, -0.05) is 25.0 Å². The Morgan fingerprint density at radius 1 is 1.20 bits per heavy atom. The summed E-state index contributed by atoms with van der Waals surface area (Å²) < 4.78 is 38.3. The van der Waals surface area contributed by atoms with Gasteiger partial charge >= 0.3 is 6.18 Å². The van der Waals surface area contributed by atoms with Crippen LogP contribution in [-0.2, 0) is 0 Å². The van der Waals surface area contributed by atoms with Crippen molar-refractivity contribution in [1.82, 2.24) is 0 Å². The van der Waals surface area contributed by atoms with Crippen LogP contribution in [0.2, 0.25) is 0 Å². The van der Waals surface area contributed by atoms with Crippen LogP contribution in [0.25, 0.3) is 0 Å². The van der Waals surface area contributed by atoms with Crippen LogP contribution < -0.4 is 0 Å². The molecule has 1 saturated heterocycles. The topological polar surface area (TPSA) is 0 Å². The van der Waals surface area contributed by atoms with Crippen LogP contribution in [0.3, 0.4) is 0 Å². The van der Waals surface area contributed by atoms with Gasteiger partial charge in [-0.15, -0.1) is 29.9 Å². The van der Waals surface area contributed by atoms with Crippen LogP contribution in [0.5, 0.6) is 0 Å². The molecule has 0 radical (unpaired) electrons. The Labute approximate surface area is 125 Å². The van der Waals surface area contributed by atoms with Crippen molar-refractivity contribution in [2.45, 2.75) is 17.7 Å². The summed E-state index contributed by atoms with van der Waals surface area (Å²) in [6.07, 6.45) is 1.21. The Hall–Kier alpha value is -0.730. The highest BCUT2D eigenvalue weighted by molar-refractivity contribution is 8.16. The summed E-state index contributed by atoms with van der Waals surface area (Å²) in [5.74, 6) is 2.13. The lowest BCUT2D eigenvalue weighted by Crippen LogP contribution is -2.32. The van der Waals surface area contributed by atoms with E-state index >= 15 is 0 Å². The average Bonchev–Trinajstić information content (AvgIpc) is 2.46. The molecule has 108 valence electrons. The van der Waals surface area contributed by atoms with E-state index in [4.69, 9.17) is 6.42 Å². The Bertz CT molecular complexity index is 479. The SMILES string of the molecule is C#Cc1ccc(C2SCC(C(C)C(F)(F)F)CS2)cc1. The second-order valence-electron chi connectivity index (χ2n) is 4.86. The molecule has 0 saturated carbocycles. The van der Waals surface area contributed by atoms with Gasteiger partial charge in [0.1, 0.15) is 0 Å². The molecule has 1 unspecified atom stereocenters. The van der Waals surface area contributed by atoms with Crippen molar-refractivity contribution in [3.05, 3.63) is 35.4 Å². The molecule has 1 atom stereocenters. The molecule has 0 aliphatic carbocycles. The fourth-order valence-electron chi connectivity index (χ4n) is 2.00. The van der Waals surface area contributed by atoms with Gasteiger partial charge in [-0.2, -0.15) is 13.2 Å². The standard InChI is InChI=1S/C15H15F3S2/c1-3-11-4-6-12(7-5-11)14-19-8-13(9-20-14)10(2)15(16,17)18/h1,4-7,10,13-14H,8-9H2,2H3. The van der Waals surface area contributed by atoms with E-state index in [1.165, 1.54) is 6.92 Å². The molecule has 1 fully saturated rings. The van der Waals surface area contributed by atoms with Gasteiger partial charge in [-0.25, -0.2) is 0 Å². The number of alkyl halides is 3. The molecule has 2 rings (SSSR count). The van der Waals surface area contributed by atoms with Crippen LogP contribution in [0, 0.1) is 24.2 Å². The van der Waals surface area contributed by atoms with Crippen LogP contribution in [0.15, 0.2) is 24.3 Å². The van der Waals surface area contributed by atoms with E-state index in [-0.39, 0.29) is 10.5 Å². The lowest BCUT2D eigenvalue weighted by Gasteiger charge is -2.32. The number of hydrogen-bond acceptors (Lipinski definition) is 2. The fraction of sp³-hybridized carbons (Fsp3) is 0.467. The molecule has 0 spiro atoms. The fourth-order valence-corrected chi connectivity index (χ4v) is 5.36. The summed E-state index contributed by atoms with van der Waals surface area (Å²) in [5, 5.41) is 0. The molecule has 20 heavy (non-hydrogen) atoms. The Morgan fingerprint density at radius 2 is 1.75 bits per heavy atom. The minimum Gasteiger partial charge on any atom is -0.171 e. The first-order chi connectivity index (χ1) is 9.41. The largest absolute Gasteiger partial charge is 0.391 e. The molecule has 1 aliphatic rings. The Morgan fingerprint density at radius 3 is 2.20 bits per heavy atom. The maximum Gasteiger partial charge on any atom is 0.391 e. The molecule has 1 heterocycles. The van der Waals surface area contributed by atoms with E-state index in [0.29, 0.717) is 11.5 Å². The van der Waals surface area contributed by atoms with Crippen molar-refractivity contribution in [2.75, 3.05) is 11.5 Å². The smallest absolute Gasteiger partial charge is 0.171 e. The molecule has 1 aromatic carbocycles. The van der Waals surface area contributed by atoms with E-state index in [1.807, 2.05) is 24.3 Å². The molecule has 1 aliphatic heterocycles. The molecule has 0 N–H and O–H groups in total. The van der Waals surface area contributed by atoms with Crippen molar-refractivity contribution in [3.63, 3.8) is 0 Å². The summed E-state index contributed by atoms with van der Waals surface area (Å²) in [5.41, 5.74) is 1.94. The third kappa shape index (κ3) is 3.67. The van der Waals surface area contributed by atoms with Crippen molar-refractivity contribution in [2.24, 2.45) is 11.8 Å². The van der Waals surface area contributed by atoms with Crippen LogP contribution in [-0.4, -0.2) is 17.7 Å². The third-order valence-corrected chi connectivity index (χ3v) is 6.70. The lowest BCUT2D eigenvalue weighted by molar-refractivity contribution is -0.179. The number of halogens is 3. The summed E-state index contributed by atoms with van der Waals surface area (Å²) in [4.78, 5) is 0. The zero-order chi connectivity index (χ0) is 14.8. The van der Waals surface area contributed by atoms with Crippen LogP contribution in [0.4, 0.5) is 13.2 Å². The lowest BCUT2D eigenvalue weighted by atomic mass is 9.97. The number of benzene rings is 1. The number of rotatable bonds is 2. The minimum absolute atomic E-state index is 0.207. The van der Waals surface area contributed by atoms with E-state index in [9.17, 15) is 13.2 Å². The first kappa shape index (κ1) is 15.7. The summed E-state index contributed by atoms with van der Waals surface area (Å²) in [6, 6.07) is 7.68. The van der Waals surface area contributed by atoms with E-state index < -0.39 is 12.1 Å². The first-order valence-electron chi connectivity index (χ1n) is 6.28. The zero-order valence-electron chi connectivity index (χ0n) is 11.0. The van der Waals surface area contributed by atoms with Gasteiger partial charge < -0.3 is 0 Å². The molecule has 0 nitrogen and oxygen atoms in total. The molecule has 0 amide bonds. The highest BCUT2D eigenvalue weighted by atomic mass is 32.2. The highest BCUT2D eigenvalue weighted by Crippen LogP contribution is 2.48. The maximum absolute atomic E-state index is 12.7. The van der Waals surface area contributed by atoms with Gasteiger partial charge in [-0.05, 0) is 35.1 Å². The van der Waals surface area contributed by atoms with Crippen LogP contribution >= 0.6 is 23.5 Å². The molecule has 5 heteroatoms. The van der Waals surface area contributed by atoms with Crippen molar-refractivity contribution in [3.8, 4) is 12.3 Å². The Balaban J connectivity index is 1.95. The summed E-state index contributed by atoms with van der Waals surface area (Å²) in [6.45, 7) is 1.29. The molecule has 0 bridgehead atoms. The average molecular weight is 316 g/mol. The monoisotopic (exact) mass is 316 g/mol.